The van der Waals surface area contributed by atoms with Gasteiger partial charge in [-0.15, -0.1) is 0 Å². The van der Waals surface area contributed by atoms with E-state index in [1.54, 1.807) is 0 Å². The lowest BCUT2D eigenvalue weighted by atomic mass is 9.94. The molecule has 0 spiro atoms. The van der Waals surface area contributed by atoms with Gasteiger partial charge in [0.15, 0.2) is 0 Å². The summed E-state index contributed by atoms with van der Waals surface area (Å²) in [5.74, 6) is 1.56. The van der Waals surface area contributed by atoms with Crippen LogP contribution in [0.25, 0.3) is 0 Å². The Morgan fingerprint density at radius 2 is 2.05 bits per heavy atom. The number of benzene rings is 1. The molecule has 0 aliphatic carbocycles. The highest BCUT2D eigenvalue weighted by atomic mass is 15.1. The molecule has 0 radical (unpaired) electrons. The molecule has 19 heavy (non-hydrogen) atoms. The Labute approximate surface area is 118 Å². The van der Waals surface area contributed by atoms with Crippen LogP contribution in [-0.2, 0) is 0 Å². The van der Waals surface area contributed by atoms with Crippen LogP contribution in [0.5, 0.6) is 0 Å². The number of anilines is 1. The van der Waals surface area contributed by atoms with Crippen molar-refractivity contribution in [2.45, 2.75) is 45.4 Å². The van der Waals surface area contributed by atoms with E-state index in [1.165, 1.54) is 50.9 Å². The summed E-state index contributed by atoms with van der Waals surface area (Å²) < 4.78 is 0. The summed E-state index contributed by atoms with van der Waals surface area (Å²) in [6.07, 6.45) is 5.40. The third-order valence-electron chi connectivity index (χ3n) is 4.56. The van der Waals surface area contributed by atoms with E-state index < -0.39 is 0 Å². The van der Waals surface area contributed by atoms with Crippen LogP contribution in [0.15, 0.2) is 24.3 Å². The molecule has 0 amide bonds. The lowest BCUT2D eigenvalue weighted by Crippen LogP contribution is -2.36. The van der Waals surface area contributed by atoms with Crippen molar-refractivity contribution < 1.29 is 0 Å². The quantitative estimate of drug-likeness (QED) is 0.814. The molecule has 1 fully saturated rings. The van der Waals surface area contributed by atoms with Crippen LogP contribution in [0.2, 0.25) is 0 Å². The Morgan fingerprint density at radius 1 is 1.32 bits per heavy atom. The van der Waals surface area contributed by atoms with Gasteiger partial charge >= 0.3 is 0 Å². The van der Waals surface area contributed by atoms with Gasteiger partial charge in [0.25, 0.3) is 0 Å². The van der Waals surface area contributed by atoms with Crippen molar-refractivity contribution in [3.8, 4) is 0 Å². The Bertz CT molecular complexity index is 371. The van der Waals surface area contributed by atoms with Crippen molar-refractivity contribution in [3.05, 3.63) is 29.8 Å². The third kappa shape index (κ3) is 4.24. The summed E-state index contributed by atoms with van der Waals surface area (Å²) in [6, 6.07) is 8.37. The standard InChI is InChI=1S/C17H28N2/c1-3-15-5-4-11-19(13-15)12-10-14(2)16-6-8-17(18)9-7-16/h6-9,14-15H,3-5,10-13,18H2,1-2H3. The fraction of sp³-hybridized carbons (Fsp3) is 0.647. The molecule has 0 saturated carbocycles. The topological polar surface area (TPSA) is 29.3 Å². The highest BCUT2D eigenvalue weighted by Crippen LogP contribution is 2.23. The Hall–Kier alpha value is -1.02. The van der Waals surface area contributed by atoms with E-state index in [9.17, 15) is 0 Å². The van der Waals surface area contributed by atoms with Crippen LogP contribution in [0.3, 0.4) is 0 Å². The van der Waals surface area contributed by atoms with Crippen molar-refractivity contribution in [1.29, 1.82) is 0 Å². The molecule has 2 atom stereocenters. The number of piperidine rings is 1. The average Bonchev–Trinajstić information content (AvgIpc) is 2.46. The second-order valence-corrected chi connectivity index (χ2v) is 6.07. The van der Waals surface area contributed by atoms with Crippen molar-refractivity contribution in [2.24, 2.45) is 5.92 Å². The molecule has 106 valence electrons. The lowest BCUT2D eigenvalue weighted by molar-refractivity contribution is 0.167. The number of nitrogens with two attached hydrogens (primary N) is 1. The van der Waals surface area contributed by atoms with Crippen molar-refractivity contribution in [1.82, 2.24) is 4.90 Å². The summed E-state index contributed by atoms with van der Waals surface area (Å²) in [7, 11) is 0. The highest BCUT2D eigenvalue weighted by Gasteiger charge is 2.18. The smallest absolute Gasteiger partial charge is 0.0314 e. The molecule has 2 N–H and O–H groups in total. The van der Waals surface area contributed by atoms with Gasteiger partial charge in [0.05, 0.1) is 0 Å². The minimum atomic E-state index is 0.627. The largest absolute Gasteiger partial charge is 0.399 e. The van der Waals surface area contributed by atoms with Gasteiger partial charge < -0.3 is 10.6 Å². The second-order valence-electron chi connectivity index (χ2n) is 6.07. The van der Waals surface area contributed by atoms with Gasteiger partial charge in [0.2, 0.25) is 0 Å². The van der Waals surface area contributed by atoms with Crippen molar-refractivity contribution in [3.63, 3.8) is 0 Å². The molecule has 1 aromatic rings. The molecule has 2 nitrogen and oxygen atoms in total. The first-order valence-electron chi connectivity index (χ1n) is 7.76. The van der Waals surface area contributed by atoms with Crippen LogP contribution in [0.4, 0.5) is 5.69 Å². The van der Waals surface area contributed by atoms with Crippen molar-refractivity contribution >= 4 is 5.69 Å². The number of hydrogen-bond donors (Lipinski definition) is 1. The molecule has 2 unspecified atom stereocenters. The average molecular weight is 260 g/mol. The Morgan fingerprint density at radius 3 is 2.74 bits per heavy atom. The summed E-state index contributed by atoms with van der Waals surface area (Å²) >= 11 is 0. The minimum Gasteiger partial charge on any atom is -0.399 e. The van der Waals surface area contributed by atoms with Gasteiger partial charge in [-0.05, 0) is 61.9 Å². The van der Waals surface area contributed by atoms with E-state index in [1.807, 2.05) is 12.1 Å². The number of hydrogen-bond acceptors (Lipinski definition) is 2. The molecular formula is C17H28N2. The van der Waals surface area contributed by atoms with Crippen LogP contribution >= 0.6 is 0 Å². The van der Waals surface area contributed by atoms with Gasteiger partial charge in [-0.25, -0.2) is 0 Å². The molecule has 0 bridgehead atoms. The van der Waals surface area contributed by atoms with E-state index in [2.05, 4.69) is 30.9 Å². The maximum absolute atomic E-state index is 5.74. The first-order valence-corrected chi connectivity index (χ1v) is 7.76. The second kappa shape index (κ2) is 6.95. The molecule has 2 rings (SSSR count). The number of nitrogen functional groups attached to an aromatic ring is 1. The zero-order valence-corrected chi connectivity index (χ0v) is 12.4. The molecule has 1 aliphatic rings. The van der Waals surface area contributed by atoms with Gasteiger partial charge in [-0.3, -0.25) is 0 Å². The number of likely N-dealkylation sites (tertiary alicyclic amines) is 1. The Kier molecular flexibility index (Phi) is 5.26. The van der Waals surface area contributed by atoms with Gasteiger partial charge in [-0.1, -0.05) is 32.4 Å². The number of rotatable bonds is 5. The van der Waals surface area contributed by atoms with E-state index in [0.717, 1.165) is 11.6 Å². The molecule has 2 heteroatoms. The van der Waals surface area contributed by atoms with Gasteiger partial charge in [0, 0.05) is 12.2 Å². The summed E-state index contributed by atoms with van der Waals surface area (Å²) in [6.45, 7) is 8.50. The van der Waals surface area contributed by atoms with Crippen LogP contribution in [-0.4, -0.2) is 24.5 Å². The molecule has 1 aromatic carbocycles. The van der Waals surface area contributed by atoms with Gasteiger partial charge in [0.1, 0.15) is 0 Å². The zero-order chi connectivity index (χ0) is 13.7. The molecule has 1 aliphatic heterocycles. The number of nitrogens with zero attached hydrogens (tertiary/aromatic N) is 1. The van der Waals surface area contributed by atoms with Crippen LogP contribution < -0.4 is 5.73 Å². The van der Waals surface area contributed by atoms with Gasteiger partial charge in [-0.2, -0.15) is 0 Å². The molecule has 0 aromatic heterocycles. The fourth-order valence-electron chi connectivity index (χ4n) is 3.06. The van der Waals surface area contributed by atoms with Crippen molar-refractivity contribution in [2.75, 3.05) is 25.4 Å². The van der Waals surface area contributed by atoms with E-state index in [-0.39, 0.29) is 0 Å². The SMILES string of the molecule is CCC1CCCN(CCC(C)c2ccc(N)cc2)C1. The highest BCUT2D eigenvalue weighted by molar-refractivity contribution is 5.40. The summed E-state index contributed by atoms with van der Waals surface area (Å²) in [5, 5.41) is 0. The monoisotopic (exact) mass is 260 g/mol. The first-order chi connectivity index (χ1) is 9.19. The summed E-state index contributed by atoms with van der Waals surface area (Å²) in [4.78, 5) is 2.66. The van der Waals surface area contributed by atoms with E-state index in [0.29, 0.717) is 5.92 Å². The van der Waals surface area contributed by atoms with Crippen LogP contribution in [0, 0.1) is 5.92 Å². The van der Waals surface area contributed by atoms with E-state index in [4.69, 9.17) is 5.73 Å². The fourth-order valence-corrected chi connectivity index (χ4v) is 3.06. The van der Waals surface area contributed by atoms with Crippen LogP contribution in [0.1, 0.15) is 51.0 Å². The summed E-state index contributed by atoms with van der Waals surface area (Å²) in [5.41, 5.74) is 8.01. The lowest BCUT2D eigenvalue weighted by Gasteiger charge is -2.32. The molecular weight excluding hydrogens is 232 g/mol. The third-order valence-corrected chi connectivity index (χ3v) is 4.56. The molecule has 1 heterocycles. The Balaban J connectivity index is 1.79. The molecule has 1 saturated heterocycles. The maximum Gasteiger partial charge on any atom is 0.0314 e. The predicted octanol–water partition coefficient (Wildman–Crippen LogP) is 3.88. The maximum atomic E-state index is 5.74. The predicted molar refractivity (Wildman–Crippen MR) is 83.3 cm³/mol. The zero-order valence-electron chi connectivity index (χ0n) is 12.4. The first kappa shape index (κ1) is 14.4. The normalized spacial score (nSPS) is 22.3. The van der Waals surface area contributed by atoms with E-state index >= 15 is 0 Å². The minimum absolute atomic E-state index is 0.627.